The summed E-state index contributed by atoms with van der Waals surface area (Å²) < 4.78 is 21.5. The zero-order chi connectivity index (χ0) is 13.7. The second-order valence-electron chi connectivity index (χ2n) is 3.99. The van der Waals surface area contributed by atoms with Crippen molar-refractivity contribution in [1.29, 1.82) is 0 Å². The number of hydrogen-bond acceptors (Lipinski definition) is 4. The number of rotatable bonds is 8. The Hall–Kier alpha value is 0.274. The lowest BCUT2D eigenvalue weighted by molar-refractivity contribution is 0.0683. The van der Waals surface area contributed by atoms with Gasteiger partial charge in [-0.25, -0.2) is 0 Å². The van der Waals surface area contributed by atoms with Gasteiger partial charge in [-0.15, -0.1) is 0 Å². The van der Waals surface area contributed by atoms with Crippen molar-refractivity contribution in [2.45, 2.75) is 40.7 Å². The lowest BCUT2D eigenvalue weighted by Gasteiger charge is -2.29. The van der Waals surface area contributed by atoms with Crippen molar-refractivity contribution < 1.29 is 17.7 Å². The molecule has 17 heavy (non-hydrogen) atoms. The van der Waals surface area contributed by atoms with Gasteiger partial charge in [0.15, 0.2) is 0 Å². The molecule has 0 amide bonds. The summed E-state index contributed by atoms with van der Waals surface area (Å²) in [5.41, 5.74) is 0. The van der Waals surface area contributed by atoms with Crippen LogP contribution in [0.2, 0.25) is 6.04 Å². The van der Waals surface area contributed by atoms with Gasteiger partial charge in [-0.2, -0.15) is 0 Å². The molecule has 0 atom stereocenters. The van der Waals surface area contributed by atoms with Crippen LogP contribution in [-0.2, 0) is 17.7 Å². The lowest BCUT2D eigenvalue weighted by Crippen LogP contribution is -2.46. The van der Waals surface area contributed by atoms with E-state index in [-0.39, 0.29) is 0 Å². The van der Waals surface area contributed by atoms with Crippen LogP contribution in [0.25, 0.3) is 0 Å². The maximum Gasteiger partial charge on any atom is 0.501 e. The Balaban J connectivity index is 0. The molecule has 0 spiro atoms. The molecule has 106 valence electrons. The summed E-state index contributed by atoms with van der Waals surface area (Å²) in [6, 6.07) is 0.905. The Kier molecular flexibility index (Phi) is 14.7. The van der Waals surface area contributed by atoms with Crippen molar-refractivity contribution in [3.05, 3.63) is 0 Å². The van der Waals surface area contributed by atoms with Gasteiger partial charge in [-0.05, 0) is 26.7 Å². The molecule has 0 aliphatic rings. The fourth-order valence-electron chi connectivity index (χ4n) is 1.46. The molecule has 0 aliphatic carbocycles. The van der Waals surface area contributed by atoms with Gasteiger partial charge in [-0.1, -0.05) is 13.8 Å². The van der Waals surface area contributed by atoms with Crippen molar-refractivity contribution in [3.63, 3.8) is 0 Å². The second kappa shape index (κ2) is 12.7. The Morgan fingerprint density at radius 2 is 1.24 bits per heavy atom. The molecule has 0 saturated heterocycles. The monoisotopic (exact) mass is 282 g/mol. The standard InChI is InChI=1S/C10H24O3Si.CH6OSi/c1-6-11-14(12-7-2,13-8-3)9-10(4)5;1-2-3/h10H,6-9H2,1-5H3;1,3H3. The van der Waals surface area contributed by atoms with E-state index in [1.807, 2.05) is 20.8 Å². The van der Waals surface area contributed by atoms with E-state index in [4.69, 9.17) is 13.3 Å². The molecule has 0 fully saturated rings. The fourth-order valence-corrected chi connectivity index (χ4v) is 4.38. The van der Waals surface area contributed by atoms with Crippen LogP contribution in [0.5, 0.6) is 0 Å². The fraction of sp³-hybridized carbons (Fsp3) is 1.00. The summed E-state index contributed by atoms with van der Waals surface area (Å²) in [6.07, 6.45) is 0. The Bertz CT molecular complexity index is 139. The predicted molar refractivity (Wildman–Crippen MR) is 77.2 cm³/mol. The van der Waals surface area contributed by atoms with Gasteiger partial charge in [0.25, 0.3) is 0 Å². The molecule has 0 N–H and O–H groups in total. The first kappa shape index (κ1) is 19.6. The summed E-state index contributed by atoms with van der Waals surface area (Å²) in [4.78, 5) is 0. The molecule has 0 rings (SSSR count). The topological polar surface area (TPSA) is 36.9 Å². The summed E-state index contributed by atoms with van der Waals surface area (Å²) in [6.45, 7) is 12.3. The van der Waals surface area contributed by atoms with Crippen molar-refractivity contribution in [1.82, 2.24) is 0 Å². The first-order chi connectivity index (χ1) is 8.01. The second-order valence-corrected chi connectivity index (χ2v) is 7.45. The van der Waals surface area contributed by atoms with Gasteiger partial charge in [0, 0.05) is 33.0 Å². The summed E-state index contributed by atoms with van der Waals surface area (Å²) in [5, 5.41) is 0. The van der Waals surface area contributed by atoms with Crippen LogP contribution in [0.1, 0.15) is 34.6 Å². The molecule has 0 unspecified atom stereocenters. The van der Waals surface area contributed by atoms with Crippen LogP contribution in [0.15, 0.2) is 0 Å². The molecule has 0 radical (unpaired) electrons. The maximum atomic E-state index is 5.72. The third-order valence-electron chi connectivity index (χ3n) is 1.75. The molecule has 0 aliphatic heterocycles. The van der Waals surface area contributed by atoms with Gasteiger partial charge >= 0.3 is 8.80 Å². The van der Waals surface area contributed by atoms with Gasteiger partial charge in [0.05, 0.1) is 0 Å². The highest BCUT2D eigenvalue weighted by molar-refractivity contribution is 6.60. The van der Waals surface area contributed by atoms with Crippen LogP contribution >= 0.6 is 0 Å². The minimum Gasteiger partial charge on any atom is -0.431 e. The smallest absolute Gasteiger partial charge is 0.431 e. The molecule has 0 aromatic rings. The third kappa shape index (κ3) is 11.1. The van der Waals surface area contributed by atoms with Crippen molar-refractivity contribution in [2.24, 2.45) is 5.92 Å². The zero-order valence-corrected chi connectivity index (χ0v) is 15.5. The average molecular weight is 283 g/mol. The average Bonchev–Trinajstić information content (AvgIpc) is 2.18. The number of hydrogen-bond donors (Lipinski definition) is 0. The minimum absolute atomic E-state index is 0.548. The quantitative estimate of drug-likeness (QED) is 0.634. The van der Waals surface area contributed by atoms with Gasteiger partial charge in [0.1, 0.15) is 10.5 Å². The molecular weight excluding hydrogens is 252 g/mol. The first-order valence-electron chi connectivity index (χ1n) is 6.33. The largest absolute Gasteiger partial charge is 0.501 e. The Morgan fingerprint density at radius 3 is 1.41 bits per heavy atom. The van der Waals surface area contributed by atoms with Gasteiger partial charge < -0.3 is 17.7 Å². The summed E-state index contributed by atoms with van der Waals surface area (Å²) in [5.74, 6) is 0.548. The molecule has 0 saturated carbocycles. The third-order valence-corrected chi connectivity index (χ3v) is 5.25. The van der Waals surface area contributed by atoms with Crippen LogP contribution in [0, 0.1) is 5.92 Å². The highest BCUT2D eigenvalue weighted by Crippen LogP contribution is 2.20. The van der Waals surface area contributed by atoms with E-state index < -0.39 is 8.80 Å². The SMILES string of the molecule is CCO[Si](CC(C)C)(OCC)OCC.CO[SiH3]. The van der Waals surface area contributed by atoms with Crippen LogP contribution in [-0.4, -0.2) is 46.2 Å². The van der Waals surface area contributed by atoms with E-state index in [0.717, 1.165) is 16.5 Å². The summed E-state index contributed by atoms with van der Waals surface area (Å²) >= 11 is 0. The zero-order valence-electron chi connectivity index (χ0n) is 12.5. The highest BCUT2D eigenvalue weighted by atomic mass is 28.4. The molecule has 0 bridgehead atoms. The van der Waals surface area contributed by atoms with Crippen molar-refractivity contribution >= 4 is 19.3 Å². The molecular formula is C11H30O4Si2. The van der Waals surface area contributed by atoms with E-state index in [1.54, 1.807) is 7.11 Å². The first-order valence-corrected chi connectivity index (χ1v) is 9.08. The Labute approximate surface area is 111 Å². The van der Waals surface area contributed by atoms with E-state index in [2.05, 4.69) is 18.3 Å². The van der Waals surface area contributed by atoms with Gasteiger partial charge in [0.2, 0.25) is 0 Å². The molecule has 0 heterocycles. The minimum atomic E-state index is -2.36. The molecule has 0 aromatic carbocycles. The Morgan fingerprint density at radius 1 is 0.941 bits per heavy atom. The van der Waals surface area contributed by atoms with Crippen molar-refractivity contribution in [2.75, 3.05) is 26.9 Å². The highest BCUT2D eigenvalue weighted by Gasteiger charge is 2.40. The lowest BCUT2D eigenvalue weighted by atomic mass is 10.3. The normalized spacial score (nSPS) is 11.5. The molecule has 0 aromatic heterocycles. The van der Waals surface area contributed by atoms with E-state index in [1.165, 1.54) is 0 Å². The molecule has 4 nitrogen and oxygen atoms in total. The van der Waals surface area contributed by atoms with Crippen molar-refractivity contribution in [3.8, 4) is 0 Å². The van der Waals surface area contributed by atoms with E-state index in [0.29, 0.717) is 25.7 Å². The molecule has 6 heteroatoms. The summed E-state index contributed by atoms with van der Waals surface area (Å²) in [7, 11) is 0.197. The van der Waals surface area contributed by atoms with E-state index >= 15 is 0 Å². The van der Waals surface area contributed by atoms with Crippen LogP contribution in [0.4, 0.5) is 0 Å². The van der Waals surface area contributed by atoms with Gasteiger partial charge in [-0.3, -0.25) is 0 Å². The maximum absolute atomic E-state index is 5.72. The predicted octanol–water partition coefficient (Wildman–Crippen LogP) is 1.60. The van der Waals surface area contributed by atoms with Crippen LogP contribution in [0.3, 0.4) is 0 Å². The van der Waals surface area contributed by atoms with Crippen LogP contribution < -0.4 is 0 Å². The van der Waals surface area contributed by atoms with E-state index in [9.17, 15) is 0 Å².